The number of nitrogens with zero attached hydrogens (tertiary/aromatic N) is 1. The lowest BCUT2D eigenvalue weighted by atomic mass is 10.2. The largest absolute Gasteiger partial charge is 0.506 e. The first-order valence-electron chi connectivity index (χ1n) is 3.48. The Labute approximate surface area is 67.6 Å². The number of phenolic OH excluding ortho intramolecular Hbond substituents is 1. The van der Waals surface area contributed by atoms with Crippen LogP contribution in [0.2, 0.25) is 0 Å². The molecule has 0 aliphatic heterocycles. The summed E-state index contributed by atoms with van der Waals surface area (Å²) in [5.41, 5.74) is 0.00546. The second-order valence-corrected chi connectivity index (χ2v) is 2.55. The van der Waals surface area contributed by atoms with Gasteiger partial charge in [-0.25, -0.2) is 9.53 Å². The molecule has 0 spiro atoms. The summed E-state index contributed by atoms with van der Waals surface area (Å²) >= 11 is 0. The number of aromatic hydroxyl groups is 1. The zero-order chi connectivity index (χ0) is 8.72. The monoisotopic (exact) mass is 165 g/mol. The van der Waals surface area contributed by atoms with Gasteiger partial charge >= 0.3 is 5.63 Å². The van der Waals surface area contributed by atoms with Gasteiger partial charge in [0.05, 0.1) is 5.39 Å². The molecule has 0 aliphatic carbocycles. The van der Waals surface area contributed by atoms with Gasteiger partial charge in [-0.15, -0.1) is 0 Å². The van der Waals surface area contributed by atoms with Gasteiger partial charge in [0.1, 0.15) is 11.3 Å². The van der Waals surface area contributed by atoms with Crippen LogP contribution in [-0.4, -0.2) is 9.85 Å². The molecule has 0 saturated carbocycles. The molecule has 0 fully saturated rings. The molecule has 2 rings (SSSR count). The van der Waals surface area contributed by atoms with E-state index in [1.165, 1.54) is 10.8 Å². The van der Waals surface area contributed by atoms with Crippen molar-refractivity contribution in [1.82, 2.24) is 4.74 Å². The van der Waals surface area contributed by atoms with Crippen molar-refractivity contribution < 1.29 is 9.63 Å². The van der Waals surface area contributed by atoms with Gasteiger partial charge in [0.15, 0.2) is 0 Å². The summed E-state index contributed by atoms with van der Waals surface area (Å²) in [4.78, 5) is 11.1. The molecule has 4 heteroatoms. The molecule has 1 aromatic heterocycles. The minimum absolute atomic E-state index is 0.0563. The molecule has 4 nitrogen and oxygen atoms in total. The first-order valence-corrected chi connectivity index (χ1v) is 3.48. The Hall–Kier alpha value is -1.71. The number of aromatic nitrogens is 1. The predicted molar refractivity (Wildman–Crippen MR) is 43.1 cm³/mol. The maximum atomic E-state index is 11.1. The van der Waals surface area contributed by atoms with Crippen LogP contribution in [0.25, 0.3) is 10.9 Å². The highest BCUT2D eigenvalue weighted by Gasteiger charge is 2.08. The second kappa shape index (κ2) is 2.14. The molecule has 62 valence electrons. The normalized spacial score (nSPS) is 10.8. The summed E-state index contributed by atoms with van der Waals surface area (Å²) in [6, 6.07) is 4.73. The van der Waals surface area contributed by atoms with Crippen molar-refractivity contribution in [2.24, 2.45) is 7.05 Å². The summed E-state index contributed by atoms with van der Waals surface area (Å²) in [6.07, 6.45) is 0. The maximum absolute atomic E-state index is 11.1. The number of fused-ring (bicyclic) bond motifs is 1. The van der Waals surface area contributed by atoms with Gasteiger partial charge in [0.2, 0.25) is 0 Å². The molecule has 0 atom stereocenters. The molecule has 1 N–H and O–H groups in total. The highest BCUT2D eigenvalue weighted by Crippen LogP contribution is 2.20. The van der Waals surface area contributed by atoms with Crippen molar-refractivity contribution in [2.75, 3.05) is 0 Å². The lowest BCUT2D eigenvalue weighted by Crippen LogP contribution is -1.90. The molecule has 0 aliphatic rings. The Balaban J connectivity index is 3.09. The van der Waals surface area contributed by atoms with Crippen LogP contribution in [0.5, 0.6) is 5.75 Å². The molecule has 0 bridgehead atoms. The summed E-state index contributed by atoms with van der Waals surface area (Å²) in [6.45, 7) is 0. The molecule has 0 saturated heterocycles. The molecular weight excluding hydrogens is 158 g/mol. The van der Waals surface area contributed by atoms with Crippen LogP contribution >= 0.6 is 0 Å². The van der Waals surface area contributed by atoms with E-state index in [1.54, 1.807) is 19.2 Å². The van der Waals surface area contributed by atoms with Gasteiger partial charge in [-0.1, -0.05) is 6.07 Å². The molecule has 1 aromatic carbocycles. The molecule has 2 aromatic rings. The van der Waals surface area contributed by atoms with Crippen molar-refractivity contribution in [2.45, 2.75) is 0 Å². The quantitative estimate of drug-likeness (QED) is 0.629. The predicted octanol–water partition coefficient (Wildman–Crippen LogP) is 0.837. The number of rotatable bonds is 0. The molecule has 12 heavy (non-hydrogen) atoms. The number of phenols is 1. The number of aryl methyl sites for hydroxylation is 1. The van der Waals surface area contributed by atoms with Gasteiger partial charge in [0, 0.05) is 7.05 Å². The Morgan fingerprint density at radius 3 is 2.92 bits per heavy atom. The van der Waals surface area contributed by atoms with Crippen LogP contribution in [0.4, 0.5) is 0 Å². The third-order valence-corrected chi connectivity index (χ3v) is 1.77. The van der Waals surface area contributed by atoms with E-state index in [0.29, 0.717) is 10.9 Å². The van der Waals surface area contributed by atoms with Crippen LogP contribution < -0.4 is 5.63 Å². The summed E-state index contributed by atoms with van der Waals surface area (Å²) in [5.74, 6) is 0.0563. The van der Waals surface area contributed by atoms with Crippen molar-refractivity contribution in [3.05, 3.63) is 28.6 Å². The van der Waals surface area contributed by atoms with Gasteiger partial charge < -0.3 is 9.63 Å². The van der Waals surface area contributed by atoms with Crippen LogP contribution in [0, 0.1) is 0 Å². The fourth-order valence-corrected chi connectivity index (χ4v) is 1.25. The number of hydrogen-bond donors (Lipinski definition) is 1. The minimum atomic E-state index is -0.427. The molecular formula is C8H7NO3. The Kier molecular flexibility index (Phi) is 1.24. The molecule has 1 heterocycles. The third kappa shape index (κ3) is 0.747. The van der Waals surface area contributed by atoms with Gasteiger partial charge in [-0.3, -0.25) is 0 Å². The maximum Gasteiger partial charge on any atom is 0.365 e. The van der Waals surface area contributed by atoms with E-state index in [2.05, 4.69) is 0 Å². The van der Waals surface area contributed by atoms with E-state index >= 15 is 0 Å². The van der Waals surface area contributed by atoms with Gasteiger partial charge in [-0.05, 0) is 12.1 Å². The third-order valence-electron chi connectivity index (χ3n) is 1.77. The molecule has 0 unspecified atom stereocenters. The van der Waals surface area contributed by atoms with E-state index in [4.69, 9.17) is 4.52 Å². The van der Waals surface area contributed by atoms with Gasteiger partial charge in [-0.2, -0.15) is 0 Å². The van der Waals surface area contributed by atoms with Crippen molar-refractivity contribution in [3.63, 3.8) is 0 Å². The van der Waals surface area contributed by atoms with E-state index in [1.807, 2.05) is 0 Å². The van der Waals surface area contributed by atoms with Crippen molar-refractivity contribution in [1.29, 1.82) is 0 Å². The first kappa shape index (κ1) is 6.97. The Morgan fingerprint density at radius 2 is 2.25 bits per heavy atom. The lowest BCUT2D eigenvalue weighted by molar-refractivity contribution is 0.293. The minimum Gasteiger partial charge on any atom is -0.506 e. The first-order chi connectivity index (χ1) is 5.70. The Bertz CT molecular complexity index is 480. The molecule has 0 radical (unpaired) electrons. The lowest BCUT2D eigenvalue weighted by Gasteiger charge is -1.94. The summed E-state index contributed by atoms with van der Waals surface area (Å²) < 4.78 is 6.00. The van der Waals surface area contributed by atoms with Crippen LogP contribution in [0.15, 0.2) is 27.5 Å². The fourth-order valence-electron chi connectivity index (χ4n) is 1.25. The SMILES string of the molecule is Cn1oc(=O)c2cccc(O)c21. The van der Waals surface area contributed by atoms with E-state index in [-0.39, 0.29) is 5.75 Å². The van der Waals surface area contributed by atoms with E-state index in [0.717, 1.165) is 0 Å². The van der Waals surface area contributed by atoms with Crippen LogP contribution in [-0.2, 0) is 7.05 Å². The Morgan fingerprint density at radius 1 is 1.50 bits per heavy atom. The highest BCUT2D eigenvalue weighted by molar-refractivity contribution is 5.83. The van der Waals surface area contributed by atoms with Crippen LogP contribution in [0.3, 0.4) is 0 Å². The number of para-hydroxylation sites is 1. The van der Waals surface area contributed by atoms with Crippen molar-refractivity contribution >= 4 is 10.9 Å². The van der Waals surface area contributed by atoms with E-state index < -0.39 is 5.63 Å². The average Bonchev–Trinajstić information content (AvgIpc) is 2.29. The zero-order valence-corrected chi connectivity index (χ0v) is 6.44. The topological polar surface area (TPSA) is 55.4 Å². The second-order valence-electron chi connectivity index (χ2n) is 2.55. The summed E-state index contributed by atoms with van der Waals surface area (Å²) in [5, 5.41) is 9.75. The van der Waals surface area contributed by atoms with Crippen LogP contribution in [0.1, 0.15) is 0 Å². The molecule has 0 amide bonds. The fraction of sp³-hybridized carbons (Fsp3) is 0.125. The summed E-state index contributed by atoms with van der Waals surface area (Å²) in [7, 11) is 1.57. The number of hydrogen-bond acceptors (Lipinski definition) is 3. The standard InChI is InChI=1S/C8H7NO3/c1-9-7-5(8(11)12-9)3-2-4-6(7)10/h2-4,10H,1H3. The van der Waals surface area contributed by atoms with Gasteiger partial charge in [0.25, 0.3) is 0 Å². The van der Waals surface area contributed by atoms with E-state index in [9.17, 15) is 9.90 Å². The average molecular weight is 165 g/mol. The smallest absolute Gasteiger partial charge is 0.365 e. The highest BCUT2D eigenvalue weighted by atomic mass is 16.5. The van der Waals surface area contributed by atoms with Crippen molar-refractivity contribution in [3.8, 4) is 5.75 Å². The number of benzene rings is 1. The zero-order valence-electron chi connectivity index (χ0n) is 6.44.